The molecular weight excluding hydrogens is 915 g/mol. The molecule has 0 bridgehead atoms. The monoisotopic (exact) mass is 929 g/mol. The SMILES string of the molecule is CC1(COC(=O)c2c(I)c(I)c(I)c(I)c2C(=O)NC(CS(=O)(=O)O)C(F)(F)F)CCO1. The fourth-order valence-corrected chi connectivity index (χ4v) is 6.90. The minimum Gasteiger partial charge on any atom is -0.459 e. The van der Waals surface area contributed by atoms with Crippen LogP contribution in [0.5, 0.6) is 0 Å². The molecule has 1 aromatic rings. The predicted octanol–water partition coefficient (Wildman–Crippen LogP) is 3.99. The molecule has 0 aliphatic carbocycles. The van der Waals surface area contributed by atoms with Crippen LogP contribution in [-0.4, -0.2) is 61.6 Å². The van der Waals surface area contributed by atoms with Crippen molar-refractivity contribution in [3.8, 4) is 0 Å². The highest BCUT2D eigenvalue weighted by molar-refractivity contribution is 14.1. The van der Waals surface area contributed by atoms with Crippen LogP contribution >= 0.6 is 90.4 Å². The first-order valence-corrected chi connectivity index (χ1v) is 14.4. The van der Waals surface area contributed by atoms with Gasteiger partial charge in [-0.1, -0.05) is 0 Å². The van der Waals surface area contributed by atoms with Gasteiger partial charge in [0, 0.05) is 20.7 Å². The molecule has 8 nitrogen and oxygen atoms in total. The van der Waals surface area contributed by atoms with E-state index in [0.29, 0.717) is 23.7 Å². The van der Waals surface area contributed by atoms with E-state index in [1.54, 1.807) is 57.4 Å². The summed E-state index contributed by atoms with van der Waals surface area (Å²) in [6.45, 7) is 2.12. The molecule has 2 rings (SSSR count). The van der Waals surface area contributed by atoms with Crippen LogP contribution in [0.2, 0.25) is 0 Å². The molecule has 0 radical (unpaired) electrons. The summed E-state index contributed by atoms with van der Waals surface area (Å²) in [4.78, 5) is 25.8. The maximum Gasteiger partial charge on any atom is 0.409 e. The van der Waals surface area contributed by atoms with Gasteiger partial charge < -0.3 is 14.8 Å². The van der Waals surface area contributed by atoms with Gasteiger partial charge in [0.25, 0.3) is 16.0 Å². The summed E-state index contributed by atoms with van der Waals surface area (Å²) in [6.07, 6.45) is -4.52. The summed E-state index contributed by atoms with van der Waals surface area (Å²) in [5.41, 5.74) is -1.30. The van der Waals surface area contributed by atoms with Crippen LogP contribution < -0.4 is 5.32 Å². The summed E-state index contributed by atoms with van der Waals surface area (Å²) in [7, 11) is -5.06. The Morgan fingerprint density at radius 1 is 1.16 bits per heavy atom. The van der Waals surface area contributed by atoms with Crippen molar-refractivity contribution in [2.75, 3.05) is 19.0 Å². The predicted molar refractivity (Wildman–Crippen MR) is 140 cm³/mol. The number of esters is 1. The van der Waals surface area contributed by atoms with Crippen molar-refractivity contribution in [1.82, 2.24) is 5.32 Å². The van der Waals surface area contributed by atoms with Gasteiger partial charge in [0.05, 0.1) is 17.7 Å². The van der Waals surface area contributed by atoms with Gasteiger partial charge in [0.15, 0.2) is 0 Å². The van der Waals surface area contributed by atoms with E-state index in [1.165, 1.54) is 0 Å². The smallest absolute Gasteiger partial charge is 0.409 e. The Balaban J connectivity index is 2.48. The molecule has 32 heavy (non-hydrogen) atoms. The summed E-state index contributed by atoms with van der Waals surface area (Å²) in [6, 6.07) is -2.89. The molecule has 1 aliphatic heterocycles. The van der Waals surface area contributed by atoms with Crippen LogP contribution in [0.1, 0.15) is 34.1 Å². The lowest BCUT2D eigenvalue weighted by Gasteiger charge is -2.37. The number of hydrogen-bond acceptors (Lipinski definition) is 6. The molecule has 2 unspecified atom stereocenters. The summed E-state index contributed by atoms with van der Waals surface area (Å²) < 4.78 is 83.1. The zero-order chi connectivity index (χ0) is 24.6. The van der Waals surface area contributed by atoms with E-state index in [4.69, 9.17) is 14.0 Å². The van der Waals surface area contributed by atoms with Crippen molar-refractivity contribution in [3.05, 3.63) is 25.4 Å². The first kappa shape index (κ1) is 29.0. The van der Waals surface area contributed by atoms with E-state index in [0.717, 1.165) is 0 Å². The summed E-state index contributed by atoms with van der Waals surface area (Å²) in [5, 5.41) is 1.59. The second kappa shape index (κ2) is 10.8. The zero-order valence-electron chi connectivity index (χ0n) is 15.9. The molecule has 0 aromatic heterocycles. The highest BCUT2D eigenvalue weighted by atomic mass is 127. The van der Waals surface area contributed by atoms with Gasteiger partial charge in [-0.25, -0.2) is 4.79 Å². The molecule has 2 N–H and O–H groups in total. The van der Waals surface area contributed by atoms with Crippen LogP contribution in [0, 0.1) is 14.3 Å². The Bertz CT molecular complexity index is 1050. The summed E-state index contributed by atoms with van der Waals surface area (Å²) in [5.74, 6) is -4.03. The third-order valence-corrected chi connectivity index (χ3v) is 12.5. The third kappa shape index (κ3) is 7.13. The van der Waals surface area contributed by atoms with E-state index < -0.39 is 45.6 Å². The fraction of sp³-hybridized carbons (Fsp3) is 0.500. The van der Waals surface area contributed by atoms with Crippen molar-refractivity contribution >= 4 is 112 Å². The Morgan fingerprint density at radius 3 is 2.06 bits per heavy atom. The zero-order valence-corrected chi connectivity index (χ0v) is 25.3. The second-order valence-corrected chi connectivity index (χ2v) is 12.8. The number of ether oxygens (including phenoxy) is 2. The van der Waals surface area contributed by atoms with Crippen molar-refractivity contribution < 1.29 is 45.2 Å². The maximum atomic E-state index is 13.3. The quantitative estimate of drug-likeness (QED) is 0.140. The molecule has 1 amide bonds. The average Bonchev–Trinajstić information content (AvgIpc) is 2.63. The van der Waals surface area contributed by atoms with Crippen molar-refractivity contribution in [1.29, 1.82) is 0 Å². The topological polar surface area (TPSA) is 119 Å². The molecule has 1 aliphatic rings. The second-order valence-electron chi connectivity index (χ2n) is 6.95. The summed E-state index contributed by atoms with van der Waals surface area (Å²) >= 11 is 7.34. The molecule has 1 saturated heterocycles. The number of carbonyl (C=O) groups excluding carboxylic acids is 2. The van der Waals surface area contributed by atoms with Crippen molar-refractivity contribution in [2.45, 2.75) is 31.2 Å². The van der Waals surface area contributed by atoms with Gasteiger partial charge >= 0.3 is 12.1 Å². The lowest BCUT2D eigenvalue weighted by molar-refractivity contribution is -0.158. The van der Waals surface area contributed by atoms with E-state index in [1.807, 2.05) is 45.2 Å². The van der Waals surface area contributed by atoms with Gasteiger partial charge in [-0.3, -0.25) is 9.35 Å². The van der Waals surface area contributed by atoms with Crippen LogP contribution in [0.25, 0.3) is 0 Å². The van der Waals surface area contributed by atoms with Crippen LogP contribution in [0.3, 0.4) is 0 Å². The Labute approximate surface area is 235 Å². The molecule has 180 valence electrons. The number of nitrogens with one attached hydrogen (secondary N) is 1. The molecule has 1 aromatic carbocycles. The minimum absolute atomic E-state index is 0.115. The van der Waals surface area contributed by atoms with Gasteiger partial charge in [0.2, 0.25) is 0 Å². The molecular formula is C16H14F3I4NO7S. The van der Waals surface area contributed by atoms with E-state index in [-0.39, 0.29) is 21.3 Å². The van der Waals surface area contributed by atoms with E-state index in [2.05, 4.69) is 0 Å². The van der Waals surface area contributed by atoms with Crippen LogP contribution in [0.15, 0.2) is 0 Å². The first-order chi connectivity index (χ1) is 14.5. The number of halogens is 7. The Morgan fingerprint density at radius 2 is 1.66 bits per heavy atom. The number of carbonyl (C=O) groups is 2. The fourth-order valence-electron chi connectivity index (χ4n) is 2.55. The highest BCUT2D eigenvalue weighted by Gasteiger charge is 2.44. The van der Waals surface area contributed by atoms with Gasteiger partial charge in [-0.15, -0.1) is 0 Å². The minimum atomic E-state index is -5.17. The van der Waals surface area contributed by atoms with E-state index in [9.17, 15) is 31.2 Å². The first-order valence-electron chi connectivity index (χ1n) is 8.46. The molecule has 2 atom stereocenters. The molecule has 16 heteroatoms. The maximum absolute atomic E-state index is 13.3. The van der Waals surface area contributed by atoms with Crippen LogP contribution in [0.4, 0.5) is 13.2 Å². The lowest BCUT2D eigenvalue weighted by Crippen LogP contribution is -2.50. The normalized spacial score (nSPS) is 19.8. The molecule has 0 saturated carbocycles. The number of amides is 1. The van der Waals surface area contributed by atoms with Gasteiger partial charge in [0.1, 0.15) is 24.0 Å². The number of rotatable bonds is 7. The third-order valence-electron chi connectivity index (χ3n) is 4.37. The molecule has 0 spiro atoms. The Hall–Kier alpha value is 0.740. The average molecular weight is 929 g/mol. The molecule has 1 heterocycles. The number of hydrogen-bond donors (Lipinski definition) is 2. The Kier molecular flexibility index (Phi) is 9.76. The van der Waals surface area contributed by atoms with Crippen molar-refractivity contribution in [3.63, 3.8) is 0 Å². The molecule has 1 fully saturated rings. The number of benzene rings is 1. The van der Waals surface area contributed by atoms with Crippen molar-refractivity contribution in [2.24, 2.45) is 0 Å². The van der Waals surface area contributed by atoms with E-state index >= 15 is 0 Å². The highest BCUT2D eigenvalue weighted by Crippen LogP contribution is 2.34. The standard InChI is InChI=1S/C16H14F3I4NO7S/c1-15(2-3-31-15)5-30-14(26)8-7(9(20)11(22)12(23)10(8)21)13(25)24-6(16(17,18)19)4-32(27,28)29/h6H,2-5H2,1H3,(H,24,25)(H,27,28,29). The lowest BCUT2D eigenvalue weighted by atomic mass is 9.99. The number of alkyl halides is 3. The van der Waals surface area contributed by atoms with Crippen LogP contribution in [-0.2, 0) is 19.6 Å². The van der Waals surface area contributed by atoms with Gasteiger partial charge in [-0.2, -0.15) is 21.6 Å². The largest absolute Gasteiger partial charge is 0.459 e. The van der Waals surface area contributed by atoms with Gasteiger partial charge in [-0.05, 0) is 97.3 Å².